The molecule has 2 atom stereocenters. The van der Waals surface area contributed by atoms with Crippen LogP contribution in [0.4, 0.5) is 4.79 Å². The van der Waals surface area contributed by atoms with Crippen molar-refractivity contribution in [2.24, 2.45) is 0 Å². The molecule has 0 bridgehead atoms. The molecule has 1 aliphatic heterocycles. The number of likely N-dealkylation sites (N-methyl/N-ethyl adjacent to an activating group) is 2. The maximum Gasteiger partial charge on any atom is 0.326 e. The molecule has 0 aromatic carbocycles. The van der Waals surface area contributed by atoms with Gasteiger partial charge in [-0.15, -0.1) is 0 Å². The number of urea groups is 1. The van der Waals surface area contributed by atoms with Crippen molar-refractivity contribution in [2.75, 3.05) is 26.7 Å². The Kier molecular flexibility index (Phi) is 5.11. The van der Waals surface area contributed by atoms with Crippen LogP contribution in [0.1, 0.15) is 13.3 Å². The summed E-state index contributed by atoms with van der Waals surface area (Å²) in [6, 6.07) is -1.62. The predicted molar refractivity (Wildman–Crippen MR) is 65.5 cm³/mol. The van der Waals surface area contributed by atoms with E-state index in [0.717, 1.165) is 9.80 Å². The lowest BCUT2D eigenvalue weighted by atomic mass is 10.2. The fraction of sp³-hybridized carbons (Fsp3) is 0.727. The molecule has 3 amide bonds. The summed E-state index contributed by atoms with van der Waals surface area (Å²) in [6.07, 6.45) is -0.835. The van der Waals surface area contributed by atoms with Crippen molar-refractivity contribution in [3.05, 3.63) is 0 Å². The summed E-state index contributed by atoms with van der Waals surface area (Å²) in [5, 5.41) is 21.0. The number of aliphatic hydroxyl groups excluding tert-OH is 1. The molecular weight excluding hydrogens is 254 g/mol. The lowest BCUT2D eigenvalue weighted by Gasteiger charge is -2.27. The molecule has 1 heterocycles. The van der Waals surface area contributed by atoms with Gasteiger partial charge in [0.15, 0.2) is 0 Å². The van der Waals surface area contributed by atoms with Crippen LogP contribution >= 0.6 is 0 Å². The van der Waals surface area contributed by atoms with Gasteiger partial charge in [0.25, 0.3) is 0 Å². The Morgan fingerprint density at radius 1 is 1.42 bits per heavy atom. The van der Waals surface area contributed by atoms with E-state index in [1.54, 1.807) is 6.92 Å². The van der Waals surface area contributed by atoms with Gasteiger partial charge in [0.2, 0.25) is 5.91 Å². The number of carboxylic acids is 1. The molecule has 108 valence electrons. The number of rotatable bonds is 4. The Morgan fingerprint density at radius 2 is 2.05 bits per heavy atom. The summed E-state index contributed by atoms with van der Waals surface area (Å²) < 4.78 is 0. The molecule has 1 rings (SSSR count). The number of hydrogen-bond donors (Lipinski definition) is 3. The first-order chi connectivity index (χ1) is 8.86. The van der Waals surface area contributed by atoms with Gasteiger partial charge in [0, 0.05) is 26.6 Å². The number of carbonyl (C=O) groups excluding carboxylic acids is 2. The molecule has 2 unspecified atom stereocenters. The molecule has 0 saturated carbocycles. The van der Waals surface area contributed by atoms with Crippen molar-refractivity contribution >= 4 is 17.9 Å². The van der Waals surface area contributed by atoms with Crippen molar-refractivity contribution in [1.82, 2.24) is 15.1 Å². The highest BCUT2D eigenvalue weighted by Gasteiger charge is 2.40. The van der Waals surface area contributed by atoms with Gasteiger partial charge in [-0.05, 0) is 6.92 Å². The summed E-state index contributed by atoms with van der Waals surface area (Å²) in [4.78, 5) is 36.6. The zero-order chi connectivity index (χ0) is 14.6. The first-order valence-corrected chi connectivity index (χ1v) is 6.06. The van der Waals surface area contributed by atoms with E-state index in [1.807, 2.05) is 0 Å². The highest BCUT2D eigenvalue weighted by molar-refractivity contribution is 5.87. The minimum absolute atomic E-state index is 0.00999. The average molecular weight is 273 g/mol. The average Bonchev–Trinajstić information content (AvgIpc) is 2.70. The standard InChI is InChI=1S/C11H19N3O5/c1-3-12-9(16)6-13(2)11(19)14-5-7(15)4-8(14)10(17)18/h7-8,15H,3-6H2,1-2H3,(H,12,16)(H,17,18). The fourth-order valence-corrected chi connectivity index (χ4v) is 2.01. The first-order valence-electron chi connectivity index (χ1n) is 6.06. The van der Waals surface area contributed by atoms with Crippen LogP contribution in [0, 0.1) is 0 Å². The number of β-amino-alcohol motifs (C(OH)–C–C–N with tert-alkyl or cyclic N) is 1. The van der Waals surface area contributed by atoms with E-state index in [9.17, 15) is 19.5 Å². The van der Waals surface area contributed by atoms with Gasteiger partial charge in [-0.25, -0.2) is 9.59 Å². The number of aliphatic carboxylic acids is 1. The molecule has 1 aliphatic rings. The molecule has 8 nitrogen and oxygen atoms in total. The third-order valence-electron chi connectivity index (χ3n) is 2.89. The third-order valence-corrected chi connectivity index (χ3v) is 2.89. The smallest absolute Gasteiger partial charge is 0.326 e. The molecule has 0 aromatic heterocycles. The number of nitrogens with zero attached hydrogens (tertiary/aromatic N) is 2. The van der Waals surface area contributed by atoms with Crippen LogP contribution in [0.25, 0.3) is 0 Å². The van der Waals surface area contributed by atoms with Crippen molar-refractivity contribution in [1.29, 1.82) is 0 Å². The predicted octanol–water partition coefficient (Wildman–Crippen LogP) is -1.31. The monoisotopic (exact) mass is 273 g/mol. The van der Waals surface area contributed by atoms with Crippen molar-refractivity contribution in [2.45, 2.75) is 25.5 Å². The van der Waals surface area contributed by atoms with Gasteiger partial charge < -0.3 is 25.3 Å². The van der Waals surface area contributed by atoms with Crippen molar-refractivity contribution in [3.8, 4) is 0 Å². The highest BCUT2D eigenvalue weighted by atomic mass is 16.4. The molecular formula is C11H19N3O5. The zero-order valence-electron chi connectivity index (χ0n) is 11.0. The first kappa shape index (κ1) is 15.2. The lowest BCUT2D eigenvalue weighted by Crippen LogP contribution is -2.49. The molecule has 0 aromatic rings. The van der Waals surface area contributed by atoms with Crippen LogP contribution in [-0.4, -0.2) is 76.7 Å². The van der Waals surface area contributed by atoms with Crippen LogP contribution < -0.4 is 5.32 Å². The maximum absolute atomic E-state index is 12.0. The number of aliphatic hydroxyl groups is 1. The normalized spacial score (nSPS) is 22.2. The van der Waals surface area contributed by atoms with Crippen LogP contribution in [0.2, 0.25) is 0 Å². The lowest BCUT2D eigenvalue weighted by molar-refractivity contribution is -0.141. The Bertz CT molecular complexity index is 373. The van der Waals surface area contributed by atoms with Gasteiger partial charge in [-0.3, -0.25) is 4.79 Å². The summed E-state index contributed by atoms with van der Waals surface area (Å²) in [7, 11) is 1.42. The number of hydrogen-bond acceptors (Lipinski definition) is 4. The Labute approximate surface area is 111 Å². The molecule has 1 saturated heterocycles. The second-order valence-corrected chi connectivity index (χ2v) is 4.49. The minimum Gasteiger partial charge on any atom is -0.480 e. The fourth-order valence-electron chi connectivity index (χ4n) is 2.01. The van der Waals surface area contributed by atoms with E-state index in [0.29, 0.717) is 6.54 Å². The van der Waals surface area contributed by atoms with E-state index in [1.165, 1.54) is 7.05 Å². The number of carboxylic acid groups (broad SMARTS) is 1. The van der Waals surface area contributed by atoms with Crippen LogP contribution in [0.3, 0.4) is 0 Å². The molecule has 0 spiro atoms. The minimum atomic E-state index is -1.16. The van der Waals surface area contributed by atoms with Crippen molar-refractivity contribution in [3.63, 3.8) is 0 Å². The zero-order valence-corrected chi connectivity index (χ0v) is 11.0. The number of nitrogens with one attached hydrogen (secondary N) is 1. The Hall–Kier alpha value is -1.83. The maximum atomic E-state index is 12.0. The quantitative estimate of drug-likeness (QED) is 0.589. The highest BCUT2D eigenvalue weighted by Crippen LogP contribution is 2.19. The second-order valence-electron chi connectivity index (χ2n) is 4.49. The number of amides is 3. The van der Waals surface area contributed by atoms with Gasteiger partial charge in [-0.2, -0.15) is 0 Å². The van der Waals surface area contributed by atoms with Gasteiger partial charge >= 0.3 is 12.0 Å². The van der Waals surface area contributed by atoms with E-state index in [-0.39, 0.29) is 25.4 Å². The molecule has 8 heteroatoms. The largest absolute Gasteiger partial charge is 0.480 e. The van der Waals surface area contributed by atoms with E-state index < -0.39 is 24.1 Å². The summed E-state index contributed by atoms with van der Waals surface area (Å²) in [5.74, 6) is -1.47. The van der Waals surface area contributed by atoms with E-state index in [2.05, 4.69) is 5.32 Å². The SMILES string of the molecule is CCNC(=O)CN(C)C(=O)N1CC(O)CC1C(=O)O. The second kappa shape index (κ2) is 6.37. The summed E-state index contributed by atoms with van der Waals surface area (Å²) >= 11 is 0. The van der Waals surface area contributed by atoms with E-state index in [4.69, 9.17) is 5.11 Å². The molecule has 0 aliphatic carbocycles. The van der Waals surface area contributed by atoms with Crippen LogP contribution in [-0.2, 0) is 9.59 Å². The molecule has 0 radical (unpaired) electrons. The van der Waals surface area contributed by atoms with Crippen LogP contribution in [0.15, 0.2) is 0 Å². The summed E-state index contributed by atoms with van der Waals surface area (Å²) in [5.41, 5.74) is 0. The molecule has 1 fully saturated rings. The van der Waals surface area contributed by atoms with E-state index >= 15 is 0 Å². The number of likely N-dealkylation sites (tertiary alicyclic amines) is 1. The van der Waals surface area contributed by atoms with Crippen LogP contribution in [0.5, 0.6) is 0 Å². The number of carbonyl (C=O) groups is 3. The molecule has 3 N–H and O–H groups in total. The summed E-state index contributed by atoms with van der Waals surface area (Å²) in [6.45, 7) is 2.04. The Balaban J connectivity index is 2.65. The third kappa shape index (κ3) is 3.82. The molecule has 19 heavy (non-hydrogen) atoms. The van der Waals surface area contributed by atoms with Crippen molar-refractivity contribution < 1.29 is 24.6 Å². The van der Waals surface area contributed by atoms with Gasteiger partial charge in [-0.1, -0.05) is 0 Å². The van der Waals surface area contributed by atoms with Gasteiger partial charge in [0.05, 0.1) is 6.10 Å². The van der Waals surface area contributed by atoms with Gasteiger partial charge in [0.1, 0.15) is 12.6 Å². The topological polar surface area (TPSA) is 110 Å². The Morgan fingerprint density at radius 3 is 2.58 bits per heavy atom.